The summed E-state index contributed by atoms with van der Waals surface area (Å²) in [5, 5.41) is 3.96. The van der Waals surface area contributed by atoms with Gasteiger partial charge in [0.2, 0.25) is 5.91 Å². The second-order valence-electron chi connectivity index (χ2n) is 4.62. The second kappa shape index (κ2) is 7.69. The number of carbonyl (C=O) groups is 1. The summed E-state index contributed by atoms with van der Waals surface area (Å²) in [5.74, 6) is -0.0872. The zero-order chi connectivity index (χ0) is 15.1. The van der Waals surface area contributed by atoms with Gasteiger partial charge in [-0.3, -0.25) is 9.78 Å². The van der Waals surface area contributed by atoms with Crippen molar-refractivity contribution in [2.75, 3.05) is 6.54 Å². The van der Waals surface area contributed by atoms with Gasteiger partial charge in [0.05, 0.1) is 10.7 Å². The lowest BCUT2D eigenvalue weighted by atomic mass is 10.2. The van der Waals surface area contributed by atoms with Crippen molar-refractivity contribution in [3.05, 3.63) is 51.7 Å². The monoisotopic (exact) mass is 301 g/mol. The van der Waals surface area contributed by atoms with Crippen LogP contribution in [0.15, 0.2) is 30.6 Å². The second-order valence-corrected chi connectivity index (χ2v) is 5.91. The molecule has 0 atom stereocenters. The summed E-state index contributed by atoms with van der Waals surface area (Å²) in [7, 11) is 0. The van der Waals surface area contributed by atoms with Gasteiger partial charge in [0, 0.05) is 36.3 Å². The SMILES string of the molecule is CCc1nc(CCNC(=O)C=Cc2ccncc2)sc1C. The molecular weight excluding hydrogens is 282 g/mol. The summed E-state index contributed by atoms with van der Waals surface area (Å²) < 4.78 is 0. The lowest BCUT2D eigenvalue weighted by molar-refractivity contribution is -0.116. The van der Waals surface area contributed by atoms with E-state index in [4.69, 9.17) is 0 Å². The molecule has 1 N–H and O–H groups in total. The van der Waals surface area contributed by atoms with Gasteiger partial charge in [-0.15, -0.1) is 11.3 Å². The number of carbonyl (C=O) groups excluding carboxylic acids is 1. The predicted octanol–water partition coefficient (Wildman–Crippen LogP) is 2.78. The Morgan fingerprint density at radius 2 is 2.14 bits per heavy atom. The Labute approximate surface area is 129 Å². The van der Waals surface area contributed by atoms with Crippen LogP contribution in [-0.2, 0) is 17.6 Å². The lowest BCUT2D eigenvalue weighted by Crippen LogP contribution is -2.23. The first-order valence-corrected chi connectivity index (χ1v) is 7.81. The van der Waals surface area contributed by atoms with Crippen LogP contribution in [0.5, 0.6) is 0 Å². The van der Waals surface area contributed by atoms with E-state index in [0.717, 1.165) is 23.4 Å². The number of aromatic nitrogens is 2. The van der Waals surface area contributed by atoms with Crippen molar-refractivity contribution in [1.29, 1.82) is 0 Å². The topological polar surface area (TPSA) is 54.9 Å². The zero-order valence-electron chi connectivity index (χ0n) is 12.3. The van der Waals surface area contributed by atoms with E-state index in [2.05, 4.69) is 29.1 Å². The number of rotatable bonds is 6. The standard InChI is InChI=1S/C16H19N3OS/c1-3-14-12(2)21-16(19-14)8-11-18-15(20)5-4-13-6-9-17-10-7-13/h4-7,9-10H,3,8,11H2,1-2H3,(H,18,20). The van der Waals surface area contributed by atoms with E-state index in [1.165, 1.54) is 10.6 Å². The smallest absolute Gasteiger partial charge is 0.244 e. The molecule has 2 heterocycles. The molecule has 0 fully saturated rings. The van der Waals surface area contributed by atoms with Crippen LogP contribution < -0.4 is 5.32 Å². The summed E-state index contributed by atoms with van der Waals surface area (Å²) in [6, 6.07) is 3.71. The fourth-order valence-electron chi connectivity index (χ4n) is 1.92. The molecule has 0 saturated carbocycles. The van der Waals surface area contributed by atoms with E-state index in [9.17, 15) is 4.79 Å². The molecule has 21 heavy (non-hydrogen) atoms. The van der Waals surface area contributed by atoms with Crippen molar-refractivity contribution >= 4 is 23.3 Å². The summed E-state index contributed by atoms with van der Waals surface area (Å²) in [5.41, 5.74) is 2.13. The zero-order valence-corrected chi connectivity index (χ0v) is 13.1. The van der Waals surface area contributed by atoms with Gasteiger partial charge < -0.3 is 5.32 Å². The van der Waals surface area contributed by atoms with Gasteiger partial charge in [0.25, 0.3) is 0 Å². The Morgan fingerprint density at radius 3 is 2.81 bits per heavy atom. The molecule has 0 saturated heterocycles. The quantitative estimate of drug-likeness (QED) is 0.835. The molecule has 4 nitrogen and oxygen atoms in total. The molecule has 0 radical (unpaired) electrons. The van der Waals surface area contributed by atoms with Crippen molar-refractivity contribution in [3.8, 4) is 0 Å². The summed E-state index contributed by atoms with van der Waals surface area (Å²) >= 11 is 1.71. The third-order valence-corrected chi connectivity index (χ3v) is 4.12. The maximum Gasteiger partial charge on any atom is 0.244 e. The van der Waals surface area contributed by atoms with Gasteiger partial charge in [-0.1, -0.05) is 6.92 Å². The molecule has 0 unspecified atom stereocenters. The van der Waals surface area contributed by atoms with E-state index < -0.39 is 0 Å². The van der Waals surface area contributed by atoms with Crippen molar-refractivity contribution in [2.45, 2.75) is 26.7 Å². The van der Waals surface area contributed by atoms with Crippen LogP contribution in [0.3, 0.4) is 0 Å². The van der Waals surface area contributed by atoms with Gasteiger partial charge in [-0.05, 0) is 37.1 Å². The van der Waals surface area contributed by atoms with Crippen LogP contribution in [-0.4, -0.2) is 22.4 Å². The van der Waals surface area contributed by atoms with E-state index in [1.807, 2.05) is 12.1 Å². The largest absolute Gasteiger partial charge is 0.352 e. The van der Waals surface area contributed by atoms with Gasteiger partial charge in [0.15, 0.2) is 0 Å². The molecule has 0 aliphatic heterocycles. The Bertz CT molecular complexity index is 620. The van der Waals surface area contributed by atoms with Crippen LogP contribution in [0.1, 0.15) is 28.1 Å². The normalized spacial score (nSPS) is 11.0. The van der Waals surface area contributed by atoms with Crippen LogP contribution in [0.25, 0.3) is 6.08 Å². The number of nitrogens with zero attached hydrogens (tertiary/aromatic N) is 2. The van der Waals surface area contributed by atoms with E-state index in [-0.39, 0.29) is 5.91 Å². The number of thiazole rings is 1. The van der Waals surface area contributed by atoms with Crippen molar-refractivity contribution < 1.29 is 4.79 Å². The molecule has 0 aromatic carbocycles. The first-order chi connectivity index (χ1) is 10.2. The van der Waals surface area contributed by atoms with Crippen molar-refractivity contribution in [1.82, 2.24) is 15.3 Å². The molecule has 1 amide bonds. The fraction of sp³-hybridized carbons (Fsp3) is 0.312. The average molecular weight is 301 g/mol. The number of amides is 1. The highest BCUT2D eigenvalue weighted by Crippen LogP contribution is 2.17. The molecule has 0 spiro atoms. The van der Waals surface area contributed by atoms with Crippen LogP contribution in [0.2, 0.25) is 0 Å². The molecular formula is C16H19N3OS. The minimum absolute atomic E-state index is 0.0872. The molecule has 0 bridgehead atoms. The van der Waals surface area contributed by atoms with Crippen LogP contribution in [0.4, 0.5) is 0 Å². The Hall–Kier alpha value is -2.01. The first-order valence-electron chi connectivity index (χ1n) is 7.00. The summed E-state index contributed by atoms with van der Waals surface area (Å²) in [6.07, 6.45) is 8.46. The molecule has 110 valence electrons. The van der Waals surface area contributed by atoms with Gasteiger partial charge in [-0.2, -0.15) is 0 Å². The third kappa shape index (κ3) is 4.79. The number of aryl methyl sites for hydroxylation is 2. The Balaban J connectivity index is 1.77. The minimum atomic E-state index is -0.0872. The van der Waals surface area contributed by atoms with Crippen LogP contribution in [0, 0.1) is 6.92 Å². The molecule has 2 aromatic rings. The number of hydrogen-bond donors (Lipinski definition) is 1. The minimum Gasteiger partial charge on any atom is -0.352 e. The molecule has 0 aliphatic rings. The molecule has 0 aliphatic carbocycles. The highest BCUT2D eigenvalue weighted by Gasteiger charge is 2.05. The van der Waals surface area contributed by atoms with Gasteiger partial charge in [-0.25, -0.2) is 4.98 Å². The highest BCUT2D eigenvalue weighted by molar-refractivity contribution is 7.11. The van der Waals surface area contributed by atoms with E-state index in [0.29, 0.717) is 6.54 Å². The van der Waals surface area contributed by atoms with Crippen molar-refractivity contribution in [2.24, 2.45) is 0 Å². The van der Waals surface area contributed by atoms with Gasteiger partial charge >= 0.3 is 0 Å². The molecule has 2 rings (SSSR count). The number of hydrogen-bond acceptors (Lipinski definition) is 4. The molecule has 5 heteroatoms. The average Bonchev–Trinajstić information content (AvgIpc) is 2.86. The highest BCUT2D eigenvalue weighted by atomic mass is 32.1. The summed E-state index contributed by atoms with van der Waals surface area (Å²) in [6.45, 7) is 4.81. The summed E-state index contributed by atoms with van der Waals surface area (Å²) in [4.78, 5) is 21.5. The number of nitrogens with one attached hydrogen (secondary N) is 1. The fourth-order valence-corrected chi connectivity index (χ4v) is 2.94. The Morgan fingerprint density at radius 1 is 1.38 bits per heavy atom. The number of pyridine rings is 1. The van der Waals surface area contributed by atoms with Crippen LogP contribution >= 0.6 is 11.3 Å². The molecule has 2 aromatic heterocycles. The predicted molar refractivity (Wildman–Crippen MR) is 86.2 cm³/mol. The van der Waals surface area contributed by atoms with E-state index >= 15 is 0 Å². The van der Waals surface area contributed by atoms with E-state index in [1.54, 1.807) is 35.9 Å². The van der Waals surface area contributed by atoms with Gasteiger partial charge in [0.1, 0.15) is 0 Å². The lowest BCUT2D eigenvalue weighted by Gasteiger charge is -1.99. The third-order valence-electron chi connectivity index (χ3n) is 3.04. The maximum atomic E-state index is 11.7. The Kier molecular flexibility index (Phi) is 5.63. The first kappa shape index (κ1) is 15.4. The van der Waals surface area contributed by atoms with Crippen molar-refractivity contribution in [3.63, 3.8) is 0 Å². The maximum absolute atomic E-state index is 11.7.